The summed E-state index contributed by atoms with van der Waals surface area (Å²) < 4.78 is 6.12. The van der Waals surface area contributed by atoms with Crippen molar-refractivity contribution < 1.29 is 19.1 Å². The molecule has 8 heteroatoms. The third-order valence-electron chi connectivity index (χ3n) is 4.24. The fourth-order valence-corrected chi connectivity index (χ4v) is 4.06. The van der Waals surface area contributed by atoms with E-state index in [9.17, 15) is 14.7 Å². The van der Waals surface area contributed by atoms with Gasteiger partial charge in [0.05, 0.1) is 12.1 Å². The highest BCUT2D eigenvalue weighted by Crippen LogP contribution is 2.41. The van der Waals surface area contributed by atoms with Crippen LogP contribution in [0.3, 0.4) is 0 Å². The molecule has 1 aliphatic rings. The van der Waals surface area contributed by atoms with Crippen LogP contribution < -0.4 is 0 Å². The van der Waals surface area contributed by atoms with E-state index in [1.54, 1.807) is 30.5 Å². The number of hydrogen-bond donors (Lipinski definition) is 1. The SMILES string of the molecule is O=C1C(=O)N(Cc2cccs2)C(c2ccc(Br)o2)/C1=C(\O)c1cccnc1. The van der Waals surface area contributed by atoms with Gasteiger partial charge in [0.1, 0.15) is 17.6 Å². The normalized spacial score (nSPS) is 19.0. The molecule has 1 amide bonds. The summed E-state index contributed by atoms with van der Waals surface area (Å²) in [5.74, 6) is -1.30. The molecule has 0 saturated carbocycles. The number of aromatic nitrogens is 1. The summed E-state index contributed by atoms with van der Waals surface area (Å²) in [7, 11) is 0. The third kappa shape index (κ3) is 3.22. The molecule has 27 heavy (non-hydrogen) atoms. The van der Waals surface area contributed by atoms with E-state index in [2.05, 4.69) is 20.9 Å². The minimum absolute atomic E-state index is 0.00796. The quantitative estimate of drug-likeness (QED) is 0.371. The number of aliphatic hydroxyl groups excluding tert-OH is 1. The van der Waals surface area contributed by atoms with Crippen LogP contribution in [0.15, 0.2) is 68.8 Å². The molecule has 1 N–H and O–H groups in total. The summed E-state index contributed by atoms with van der Waals surface area (Å²) in [6, 6.07) is 9.59. The van der Waals surface area contributed by atoms with E-state index in [0.29, 0.717) is 16.0 Å². The monoisotopic (exact) mass is 444 g/mol. The van der Waals surface area contributed by atoms with Crippen molar-refractivity contribution >= 4 is 44.7 Å². The molecule has 1 saturated heterocycles. The van der Waals surface area contributed by atoms with Gasteiger partial charge in [-0.3, -0.25) is 14.6 Å². The highest BCUT2D eigenvalue weighted by molar-refractivity contribution is 9.10. The van der Waals surface area contributed by atoms with Crippen molar-refractivity contribution in [3.05, 3.63) is 80.6 Å². The summed E-state index contributed by atoms with van der Waals surface area (Å²) >= 11 is 4.74. The number of carbonyl (C=O) groups is 2. The van der Waals surface area contributed by atoms with Crippen molar-refractivity contribution in [2.45, 2.75) is 12.6 Å². The maximum atomic E-state index is 12.8. The average molecular weight is 445 g/mol. The molecular weight excluding hydrogens is 432 g/mol. The number of halogens is 1. The van der Waals surface area contributed by atoms with Crippen LogP contribution in [0.5, 0.6) is 0 Å². The number of hydrogen-bond acceptors (Lipinski definition) is 6. The number of rotatable bonds is 4. The van der Waals surface area contributed by atoms with Crippen LogP contribution in [0, 0.1) is 0 Å². The summed E-state index contributed by atoms with van der Waals surface area (Å²) in [4.78, 5) is 31.8. The molecule has 3 aromatic heterocycles. The second-order valence-electron chi connectivity index (χ2n) is 5.89. The molecule has 1 fully saturated rings. The van der Waals surface area contributed by atoms with Crippen LogP contribution in [-0.4, -0.2) is 26.7 Å². The van der Waals surface area contributed by atoms with E-state index < -0.39 is 17.7 Å². The Balaban J connectivity index is 1.86. The number of pyridine rings is 1. The van der Waals surface area contributed by atoms with Gasteiger partial charge in [0.15, 0.2) is 4.67 Å². The number of nitrogens with zero attached hydrogens (tertiary/aromatic N) is 2. The lowest BCUT2D eigenvalue weighted by atomic mass is 10.00. The first kappa shape index (κ1) is 17.7. The Morgan fingerprint density at radius 2 is 2.11 bits per heavy atom. The highest BCUT2D eigenvalue weighted by atomic mass is 79.9. The molecule has 0 aromatic carbocycles. The van der Waals surface area contributed by atoms with E-state index >= 15 is 0 Å². The lowest BCUT2D eigenvalue weighted by Crippen LogP contribution is -2.28. The van der Waals surface area contributed by atoms with Gasteiger partial charge >= 0.3 is 0 Å². The Labute approximate surface area is 166 Å². The first-order valence-electron chi connectivity index (χ1n) is 8.02. The maximum Gasteiger partial charge on any atom is 0.296 e. The lowest BCUT2D eigenvalue weighted by Gasteiger charge is -2.22. The molecule has 4 rings (SSSR count). The number of Topliss-reactive ketones (excluding diaryl/α,β-unsaturated/α-hetero) is 1. The topological polar surface area (TPSA) is 83.6 Å². The number of furan rings is 1. The van der Waals surface area contributed by atoms with Gasteiger partial charge in [-0.15, -0.1) is 11.3 Å². The Morgan fingerprint density at radius 1 is 1.26 bits per heavy atom. The largest absolute Gasteiger partial charge is 0.507 e. The first-order valence-corrected chi connectivity index (χ1v) is 9.70. The van der Waals surface area contributed by atoms with Crippen LogP contribution in [0.4, 0.5) is 0 Å². The zero-order valence-corrected chi connectivity index (χ0v) is 16.2. The molecule has 3 aromatic rings. The number of thiophene rings is 1. The van der Waals surface area contributed by atoms with Crippen molar-refractivity contribution in [1.29, 1.82) is 0 Å². The average Bonchev–Trinajstić information content (AvgIpc) is 3.39. The number of likely N-dealkylation sites (tertiary alicyclic amines) is 1. The van der Waals surface area contributed by atoms with Crippen LogP contribution >= 0.6 is 27.3 Å². The number of aliphatic hydroxyl groups is 1. The van der Waals surface area contributed by atoms with Gasteiger partial charge in [-0.1, -0.05) is 6.07 Å². The Morgan fingerprint density at radius 3 is 2.74 bits per heavy atom. The third-order valence-corrected chi connectivity index (χ3v) is 5.53. The van der Waals surface area contributed by atoms with Gasteiger partial charge in [0.25, 0.3) is 11.7 Å². The van der Waals surface area contributed by atoms with Crippen molar-refractivity contribution in [3.8, 4) is 0 Å². The second-order valence-corrected chi connectivity index (χ2v) is 7.70. The molecule has 6 nitrogen and oxygen atoms in total. The maximum absolute atomic E-state index is 12.8. The minimum atomic E-state index is -0.821. The molecule has 0 bridgehead atoms. The van der Waals surface area contributed by atoms with Gasteiger partial charge in [0.2, 0.25) is 0 Å². The van der Waals surface area contributed by atoms with Gasteiger partial charge in [-0.25, -0.2) is 0 Å². The zero-order valence-electron chi connectivity index (χ0n) is 13.8. The van der Waals surface area contributed by atoms with E-state index in [-0.39, 0.29) is 17.9 Å². The first-order chi connectivity index (χ1) is 13.1. The van der Waals surface area contributed by atoms with Crippen LogP contribution in [0.25, 0.3) is 5.76 Å². The molecule has 1 atom stereocenters. The molecule has 1 aliphatic heterocycles. The molecule has 136 valence electrons. The molecule has 1 unspecified atom stereocenters. The summed E-state index contributed by atoms with van der Waals surface area (Å²) in [5.41, 5.74) is 0.355. The molecular formula is C19H13BrN2O4S. The standard InChI is InChI=1S/C19H13BrN2O4S/c20-14-6-5-13(26-14)16-15(17(23)11-3-1-7-21-9-11)18(24)19(25)22(16)10-12-4-2-8-27-12/h1-9,16,23H,10H2/b17-15+. The van der Waals surface area contributed by atoms with Gasteiger partial charge in [-0.05, 0) is 51.6 Å². The van der Waals surface area contributed by atoms with Crippen molar-refractivity contribution in [1.82, 2.24) is 9.88 Å². The summed E-state index contributed by atoms with van der Waals surface area (Å²) in [6.07, 6.45) is 3.00. The number of ketones is 1. The van der Waals surface area contributed by atoms with Crippen molar-refractivity contribution in [2.75, 3.05) is 0 Å². The van der Waals surface area contributed by atoms with Crippen LogP contribution in [0.2, 0.25) is 0 Å². The predicted molar refractivity (Wildman–Crippen MR) is 103 cm³/mol. The van der Waals surface area contributed by atoms with Crippen molar-refractivity contribution in [3.63, 3.8) is 0 Å². The summed E-state index contributed by atoms with van der Waals surface area (Å²) in [6.45, 7) is 0.245. The van der Waals surface area contributed by atoms with Gasteiger partial charge < -0.3 is 14.4 Å². The van der Waals surface area contributed by atoms with E-state index in [1.165, 1.54) is 22.4 Å². The van der Waals surface area contributed by atoms with Crippen LogP contribution in [-0.2, 0) is 16.1 Å². The Bertz CT molecular complexity index is 1030. The fraction of sp³-hybridized carbons (Fsp3) is 0.105. The Kier molecular flexibility index (Phi) is 4.67. The van der Waals surface area contributed by atoms with Gasteiger partial charge in [0, 0.05) is 22.8 Å². The molecule has 0 aliphatic carbocycles. The predicted octanol–water partition coefficient (Wildman–Crippen LogP) is 4.12. The highest BCUT2D eigenvalue weighted by Gasteiger charge is 2.47. The molecule has 0 spiro atoms. The number of carbonyl (C=O) groups excluding carboxylic acids is 2. The number of amides is 1. The molecule has 4 heterocycles. The smallest absolute Gasteiger partial charge is 0.296 e. The molecule has 0 radical (unpaired) electrons. The zero-order chi connectivity index (χ0) is 19.0. The van der Waals surface area contributed by atoms with Crippen molar-refractivity contribution in [2.24, 2.45) is 0 Å². The van der Waals surface area contributed by atoms with Gasteiger partial charge in [-0.2, -0.15) is 0 Å². The van der Waals surface area contributed by atoms with Crippen LogP contribution in [0.1, 0.15) is 22.2 Å². The lowest BCUT2D eigenvalue weighted by molar-refractivity contribution is -0.140. The fourth-order valence-electron chi connectivity index (χ4n) is 3.04. The van der Waals surface area contributed by atoms with E-state index in [1.807, 2.05) is 17.5 Å². The van der Waals surface area contributed by atoms with E-state index in [0.717, 1.165) is 4.88 Å². The minimum Gasteiger partial charge on any atom is -0.507 e. The second kappa shape index (κ2) is 7.13. The van der Waals surface area contributed by atoms with E-state index in [4.69, 9.17) is 4.42 Å². The summed E-state index contributed by atoms with van der Waals surface area (Å²) in [5, 5.41) is 12.7. The Hall–Kier alpha value is -2.71.